The van der Waals surface area contributed by atoms with E-state index in [2.05, 4.69) is 25.5 Å². The van der Waals surface area contributed by atoms with Gasteiger partial charge in [-0.2, -0.15) is 18.4 Å². The number of hydrogen-bond acceptors (Lipinski definition) is 5. The molecule has 0 aliphatic heterocycles. The summed E-state index contributed by atoms with van der Waals surface area (Å²) in [5, 5.41) is 14.4. The highest BCUT2D eigenvalue weighted by molar-refractivity contribution is 5.85. The fourth-order valence-corrected chi connectivity index (χ4v) is 4.69. The maximum absolute atomic E-state index is 13.2. The normalized spacial score (nSPS) is 11.5. The van der Waals surface area contributed by atoms with Crippen molar-refractivity contribution in [3.05, 3.63) is 95.8 Å². The Morgan fingerprint density at radius 2 is 1.49 bits per heavy atom. The summed E-state index contributed by atoms with van der Waals surface area (Å²) in [5.74, 6) is 0.518. The van der Waals surface area contributed by atoms with Gasteiger partial charge >= 0.3 is 6.18 Å². The van der Waals surface area contributed by atoms with Gasteiger partial charge in [0.05, 0.1) is 16.9 Å². The van der Waals surface area contributed by atoms with E-state index in [1.165, 1.54) is 12.1 Å². The Labute approximate surface area is 224 Å². The van der Waals surface area contributed by atoms with Crippen LogP contribution in [0.2, 0.25) is 0 Å². The second-order valence-electron chi connectivity index (χ2n) is 9.12. The van der Waals surface area contributed by atoms with Crippen LogP contribution in [0, 0.1) is 0 Å². The zero-order chi connectivity index (χ0) is 27.6. The predicted molar refractivity (Wildman–Crippen MR) is 147 cm³/mol. The summed E-state index contributed by atoms with van der Waals surface area (Å²) in [6.07, 6.45) is -3.00. The average molecular weight is 529 g/mol. The third-order valence-electron chi connectivity index (χ3n) is 6.76. The summed E-state index contributed by atoms with van der Waals surface area (Å²) >= 11 is 0. The number of halogens is 3. The van der Waals surface area contributed by atoms with Gasteiger partial charge in [-0.25, -0.2) is 0 Å². The molecule has 0 amide bonds. The molecule has 0 bridgehead atoms. The van der Waals surface area contributed by atoms with Crippen molar-refractivity contribution < 1.29 is 13.2 Å². The fraction of sp³-hybridized carbons (Fsp3) is 0.200. The predicted octanol–water partition coefficient (Wildman–Crippen LogP) is 7.51. The minimum atomic E-state index is -4.39. The second-order valence-corrected chi connectivity index (χ2v) is 9.12. The molecule has 0 aliphatic rings. The van der Waals surface area contributed by atoms with Crippen molar-refractivity contribution in [3.8, 4) is 33.6 Å². The molecule has 39 heavy (non-hydrogen) atoms. The molecule has 1 N–H and O–H groups in total. The lowest BCUT2D eigenvalue weighted by Gasteiger charge is -2.26. The van der Waals surface area contributed by atoms with Gasteiger partial charge in [0.15, 0.2) is 0 Å². The molecule has 3 aromatic carbocycles. The molecule has 2 aromatic heterocycles. The van der Waals surface area contributed by atoms with Gasteiger partial charge < -0.3 is 4.90 Å². The molecular formula is C30H27F3N6. The van der Waals surface area contributed by atoms with Crippen molar-refractivity contribution in [1.82, 2.24) is 25.6 Å². The van der Waals surface area contributed by atoms with Gasteiger partial charge in [-0.05, 0) is 65.1 Å². The van der Waals surface area contributed by atoms with E-state index in [1.54, 1.807) is 0 Å². The molecule has 6 nitrogen and oxygen atoms in total. The Hall–Kier alpha value is -4.53. The van der Waals surface area contributed by atoms with E-state index >= 15 is 0 Å². The monoisotopic (exact) mass is 528 g/mol. The Morgan fingerprint density at radius 3 is 2.08 bits per heavy atom. The van der Waals surface area contributed by atoms with Crippen LogP contribution in [0.3, 0.4) is 0 Å². The molecule has 0 saturated heterocycles. The minimum Gasteiger partial charge on any atom is -0.344 e. The highest BCUT2D eigenvalue weighted by Gasteiger charge is 2.30. The van der Waals surface area contributed by atoms with Crippen LogP contribution in [0.25, 0.3) is 33.6 Å². The van der Waals surface area contributed by atoms with Gasteiger partial charge in [-0.15, -0.1) is 10.2 Å². The molecule has 198 valence electrons. The van der Waals surface area contributed by atoms with Gasteiger partial charge in [0.25, 0.3) is 0 Å². The molecular weight excluding hydrogens is 501 g/mol. The number of aryl methyl sites for hydroxylation is 2. The summed E-state index contributed by atoms with van der Waals surface area (Å²) in [4.78, 5) is 6.87. The van der Waals surface area contributed by atoms with E-state index < -0.39 is 11.7 Å². The van der Waals surface area contributed by atoms with Gasteiger partial charge in [-0.3, -0.25) is 4.98 Å². The lowest BCUT2D eigenvalue weighted by atomic mass is 9.96. The van der Waals surface area contributed by atoms with Crippen LogP contribution >= 0.6 is 0 Å². The highest BCUT2D eigenvalue weighted by Crippen LogP contribution is 2.39. The quantitative estimate of drug-likeness (QED) is 0.237. The lowest BCUT2D eigenvalue weighted by molar-refractivity contribution is -0.137. The summed E-state index contributed by atoms with van der Waals surface area (Å²) in [6, 6.07) is 23.3. The first-order valence-electron chi connectivity index (χ1n) is 12.7. The number of nitrogens with zero attached hydrogens (tertiary/aromatic N) is 5. The number of pyridine rings is 1. The topological polar surface area (TPSA) is 70.6 Å². The zero-order valence-electron chi connectivity index (χ0n) is 21.8. The molecule has 0 saturated carbocycles. The fourth-order valence-electron chi connectivity index (χ4n) is 4.69. The van der Waals surface area contributed by atoms with Crippen molar-refractivity contribution in [2.24, 2.45) is 0 Å². The smallest absolute Gasteiger partial charge is 0.344 e. The van der Waals surface area contributed by atoms with Crippen LogP contribution in [0.15, 0.2) is 78.9 Å². The molecule has 0 spiro atoms. The molecule has 5 rings (SSSR count). The van der Waals surface area contributed by atoms with E-state index in [4.69, 9.17) is 4.98 Å². The molecule has 0 radical (unpaired) electrons. The minimum absolute atomic E-state index is 0.518. The Kier molecular flexibility index (Phi) is 7.15. The van der Waals surface area contributed by atoms with Gasteiger partial charge in [0.2, 0.25) is 5.82 Å². The molecule has 0 unspecified atom stereocenters. The van der Waals surface area contributed by atoms with Crippen LogP contribution in [0.5, 0.6) is 0 Å². The summed E-state index contributed by atoms with van der Waals surface area (Å²) in [5.41, 5.74) is 7.28. The summed E-state index contributed by atoms with van der Waals surface area (Å²) < 4.78 is 39.7. The van der Waals surface area contributed by atoms with Crippen LogP contribution in [-0.2, 0) is 19.0 Å². The highest BCUT2D eigenvalue weighted by atomic mass is 19.4. The number of rotatable bonds is 7. The summed E-state index contributed by atoms with van der Waals surface area (Å²) in [6.45, 7) is 4.05. The first kappa shape index (κ1) is 26.1. The number of hydrogen-bond donors (Lipinski definition) is 1. The molecule has 9 heteroatoms. The second kappa shape index (κ2) is 10.7. The molecule has 0 fully saturated rings. The standard InChI is InChI=1S/C30H27F3N6/c1-4-22-18-27(28(26(5-2)34-22)20-10-14-21(15-11-20)30(31,32)33)39(3)23-16-12-19(13-17-23)24-8-6-7-9-25(24)29-35-37-38-36-29/h6-18H,4-5H2,1-3H3,(H,35,36,37,38). The van der Waals surface area contributed by atoms with Crippen molar-refractivity contribution >= 4 is 11.4 Å². The molecule has 0 aliphatic carbocycles. The van der Waals surface area contributed by atoms with Gasteiger partial charge in [-0.1, -0.05) is 62.4 Å². The van der Waals surface area contributed by atoms with Crippen molar-refractivity contribution in [2.45, 2.75) is 32.9 Å². The van der Waals surface area contributed by atoms with E-state index in [0.717, 1.165) is 63.6 Å². The Morgan fingerprint density at radius 1 is 0.821 bits per heavy atom. The van der Waals surface area contributed by atoms with E-state index in [1.807, 2.05) is 75.5 Å². The van der Waals surface area contributed by atoms with E-state index in [9.17, 15) is 13.2 Å². The van der Waals surface area contributed by atoms with Crippen LogP contribution in [-0.4, -0.2) is 32.7 Å². The number of aromatic nitrogens is 5. The van der Waals surface area contributed by atoms with Crippen LogP contribution in [0.1, 0.15) is 30.8 Å². The maximum Gasteiger partial charge on any atom is 0.416 e. The molecule has 0 atom stereocenters. The summed E-state index contributed by atoms with van der Waals surface area (Å²) in [7, 11) is 1.96. The number of nitrogens with one attached hydrogen (secondary N) is 1. The Bertz CT molecular complexity index is 1560. The molecule has 5 aromatic rings. The first-order valence-corrected chi connectivity index (χ1v) is 12.7. The lowest BCUT2D eigenvalue weighted by Crippen LogP contribution is -2.13. The van der Waals surface area contributed by atoms with Gasteiger partial charge in [0.1, 0.15) is 0 Å². The van der Waals surface area contributed by atoms with Crippen LogP contribution < -0.4 is 4.90 Å². The third kappa shape index (κ3) is 5.25. The van der Waals surface area contributed by atoms with Crippen LogP contribution in [0.4, 0.5) is 24.5 Å². The number of anilines is 2. The average Bonchev–Trinajstić information content (AvgIpc) is 3.51. The number of aromatic amines is 1. The number of benzene rings is 3. The maximum atomic E-state index is 13.2. The van der Waals surface area contributed by atoms with Crippen molar-refractivity contribution in [3.63, 3.8) is 0 Å². The SMILES string of the molecule is CCc1cc(N(C)c2ccc(-c3ccccc3-c3nn[nH]n3)cc2)c(-c2ccc(C(F)(F)F)cc2)c(CC)n1. The zero-order valence-corrected chi connectivity index (χ0v) is 21.8. The molecule has 2 heterocycles. The number of alkyl halides is 3. The Balaban J connectivity index is 1.55. The number of H-pyrrole nitrogens is 1. The third-order valence-corrected chi connectivity index (χ3v) is 6.76. The van der Waals surface area contributed by atoms with E-state index in [-0.39, 0.29) is 0 Å². The first-order chi connectivity index (χ1) is 18.8. The van der Waals surface area contributed by atoms with Crippen molar-refractivity contribution in [1.29, 1.82) is 0 Å². The largest absolute Gasteiger partial charge is 0.416 e. The van der Waals surface area contributed by atoms with Crippen molar-refractivity contribution in [2.75, 3.05) is 11.9 Å². The van der Waals surface area contributed by atoms with E-state index in [0.29, 0.717) is 17.8 Å². The number of tetrazole rings is 1. The van der Waals surface area contributed by atoms with Gasteiger partial charge in [0, 0.05) is 29.6 Å².